The van der Waals surface area contributed by atoms with Crippen molar-refractivity contribution in [1.29, 1.82) is 0 Å². The summed E-state index contributed by atoms with van der Waals surface area (Å²) in [6.45, 7) is 4.05. The molecule has 0 unspecified atom stereocenters. The third-order valence-electron chi connectivity index (χ3n) is 6.15. The SMILES string of the molecule is C[C@@H]1CCC[C@@H](C)N1c1nc2c(c(=O)[nH]1)[C@@H](C(=O)Nc1cccc(C(F)(F)F)c1)CC(=O)N2. The largest absolute Gasteiger partial charge is 0.416 e. The number of rotatable bonds is 3. The van der Waals surface area contributed by atoms with Gasteiger partial charge in [0.1, 0.15) is 5.82 Å². The molecule has 3 heterocycles. The van der Waals surface area contributed by atoms with Gasteiger partial charge in [-0.3, -0.25) is 19.4 Å². The van der Waals surface area contributed by atoms with E-state index < -0.39 is 35.0 Å². The Hall–Kier alpha value is -3.37. The van der Waals surface area contributed by atoms with Crippen molar-refractivity contribution in [3.8, 4) is 0 Å². The Morgan fingerprint density at radius 2 is 1.88 bits per heavy atom. The molecule has 2 amide bonds. The van der Waals surface area contributed by atoms with Crippen LogP contribution in [0.3, 0.4) is 0 Å². The Morgan fingerprint density at radius 3 is 2.55 bits per heavy atom. The molecule has 0 aliphatic carbocycles. The van der Waals surface area contributed by atoms with Crippen LogP contribution in [-0.4, -0.2) is 33.9 Å². The van der Waals surface area contributed by atoms with Crippen LogP contribution in [0, 0.1) is 0 Å². The fourth-order valence-corrected chi connectivity index (χ4v) is 4.55. The van der Waals surface area contributed by atoms with Crippen LogP contribution in [0.1, 0.15) is 56.6 Å². The Labute approximate surface area is 187 Å². The highest BCUT2D eigenvalue weighted by molar-refractivity contribution is 6.04. The van der Waals surface area contributed by atoms with Crippen molar-refractivity contribution in [3.63, 3.8) is 0 Å². The van der Waals surface area contributed by atoms with E-state index in [1.54, 1.807) is 0 Å². The maximum Gasteiger partial charge on any atom is 0.416 e. The number of carbonyl (C=O) groups excluding carboxylic acids is 2. The van der Waals surface area contributed by atoms with Crippen molar-refractivity contribution in [3.05, 3.63) is 45.7 Å². The highest BCUT2D eigenvalue weighted by Gasteiger charge is 2.37. The van der Waals surface area contributed by atoms with Crippen LogP contribution in [-0.2, 0) is 15.8 Å². The summed E-state index contributed by atoms with van der Waals surface area (Å²) in [5.74, 6) is -2.14. The van der Waals surface area contributed by atoms with E-state index >= 15 is 0 Å². The molecule has 11 heteroatoms. The number of aromatic amines is 1. The lowest BCUT2D eigenvalue weighted by Crippen LogP contribution is -2.46. The normalized spacial score (nSPS) is 23.0. The Morgan fingerprint density at radius 1 is 1.18 bits per heavy atom. The van der Waals surface area contributed by atoms with E-state index in [-0.39, 0.29) is 35.6 Å². The molecule has 1 fully saturated rings. The number of H-pyrrole nitrogens is 1. The number of fused-ring (bicyclic) bond motifs is 1. The monoisotopic (exact) mass is 463 g/mol. The molecule has 4 rings (SSSR count). The Bertz CT molecular complexity index is 1140. The van der Waals surface area contributed by atoms with Gasteiger partial charge in [-0.15, -0.1) is 0 Å². The quantitative estimate of drug-likeness (QED) is 0.645. The van der Waals surface area contributed by atoms with Gasteiger partial charge in [0.05, 0.1) is 17.0 Å². The molecule has 8 nitrogen and oxygen atoms in total. The van der Waals surface area contributed by atoms with Gasteiger partial charge in [0, 0.05) is 24.2 Å². The zero-order valence-corrected chi connectivity index (χ0v) is 18.1. The Balaban J connectivity index is 1.65. The number of halogens is 3. The summed E-state index contributed by atoms with van der Waals surface area (Å²) in [4.78, 5) is 47.4. The topological polar surface area (TPSA) is 107 Å². The molecule has 1 saturated heterocycles. The van der Waals surface area contributed by atoms with Crippen molar-refractivity contribution >= 4 is 29.3 Å². The molecule has 33 heavy (non-hydrogen) atoms. The van der Waals surface area contributed by atoms with E-state index in [0.29, 0.717) is 5.95 Å². The van der Waals surface area contributed by atoms with Gasteiger partial charge in [0.15, 0.2) is 0 Å². The van der Waals surface area contributed by atoms with Crippen LogP contribution in [0.2, 0.25) is 0 Å². The lowest BCUT2D eigenvalue weighted by Gasteiger charge is -2.39. The smallest absolute Gasteiger partial charge is 0.337 e. The van der Waals surface area contributed by atoms with E-state index in [1.807, 2.05) is 18.7 Å². The number of hydrogen-bond acceptors (Lipinski definition) is 5. The van der Waals surface area contributed by atoms with E-state index in [9.17, 15) is 27.6 Å². The molecule has 1 aromatic carbocycles. The second kappa shape index (κ2) is 8.53. The number of hydrogen-bond donors (Lipinski definition) is 3. The molecular weight excluding hydrogens is 439 g/mol. The van der Waals surface area contributed by atoms with Crippen molar-refractivity contribution in [2.75, 3.05) is 15.5 Å². The highest BCUT2D eigenvalue weighted by atomic mass is 19.4. The highest BCUT2D eigenvalue weighted by Crippen LogP contribution is 2.34. The van der Waals surface area contributed by atoms with Crippen LogP contribution in [0.15, 0.2) is 29.1 Å². The van der Waals surface area contributed by atoms with Crippen molar-refractivity contribution in [2.24, 2.45) is 0 Å². The van der Waals surface area contributed by atoms with Gasteiger partial charge in [-0.1, -0.05) is 6.07 Å². The summed E-state index contributed by atoms with van der Waals surface area (Å²) in [7, 11) is 0. The minimum atomic E-state index is -4.57. The van der Waals surface area contributed by atoms with Crippen LogP contribution in [0.4, 0.5) is 30.6 Å². The molecule has 0 radical (unpaired) electrons. The number of alkyl halides is 3. The average Bonchev–Trinajstić information content (AvgIpc) is 2.72. The summed E-state index contributed by atoms with van der Waals surface area (Å²) in [5, 5.41) is 4.96. The molecule has 2 aromatic rings. The first-order valence-corrected chi connectivity index (χ1v) is 10.7. The summed E-state index contributed by atoms with van der Waals surface area (Å²) < 4.78 is 39.0. The van der Waals surface area contributed by atoms with Crippen LogP contribution in [0.5, 0.6) is 0 Å². The lowest BCUT2D eigenvalue weighted by molar-refractivity contribution is -0.137. The summed E-state index contributed by atoms with van der Waals surface area (Å²) in [5.41, 5.74) is -1.58. The zero-order valence-electron chi connectivity index (χ0n) is 18.1. The predicted octanol–water partition coefficient (Wildman–Crippen LogP) is 3.62. The van der Waals surface area contributed by atoms with Gasteiger partial charge >= 0.3 is 6.18 Å². The van der Waals surface area contributed by atoms with E-state index in [0.717, 1.165) is 31.4 Å². The molecule has 0 saturated carbocycles. The van der Waals surface area contributed by atoms with E-state index in [4.69, 9.17) is 0 Å². The zero-order chi connectivity index (χ0) is 23.9. The maximum atomic E-state index is 13.0. The number of aromatic nitrogens is 2. The van der Waals surface area contributed by atoms with Crippen molar-refractivity contribution < 1.29 is 22.8 Å². The van der Waals surface area contributed by atoms with Gasteiger partial charge in [-0.2, -0.15) is 18.2 Å². The number of piperidine rings is 1. The second-order valence-corrected chi connectivity index (χ2v) is 8.56. The van der Waals surface area contributed by atoms with Crippen LogP contribution >= 0.6 is 0 Å². The number of anilines is 3. The third-order valence-corrected chi connectivity index (χ3v) is 6.15. The van der Waals surface area contributed by atoms with Gasteiger partial charge in [-0.25, -0.2) is 0 Å². The molecule has 2 aliphatic heterocycles. The number of nitrogens with zero attached hydrogens (tertiary/aromatic N) is 2. The minimum Gasteiger partial charge on any atom is -0.337 e. The number of nitrogens with one attached hydrogen (secondary N) is 3. The molecule has 2 aliphatic rings. The molecule has 3 N–H and O–H groups in total. The molecule has 0 bridgehead atoms. The first-order valence-electron chi connectivity index (χ1n) is 10.7. The Kier molecular flexibility index (Phi) is 5.89. The van der Waals surface area contributed by atoms with Crippen molar-refractivity contribution in [1.82, 2.24) is 9.97 Å². The van der Waals surface area contributed by atoms with Crippen molar-refractivity contribution in [2.45, 2.75) is 63.7 Å². The molecule has 0 spiro atoms. The average molecular weight is 463 g/mol. The third kappa shape index (κ3) is 4.57. The molecule has 176 valence electrons. The standard InChI is InChI=1S/C22H24F3N5O3/c1-11-5-3-6-12(2)30(11)21-28-18-17(20(33)29-21)15(10-16(31)27-18)19(32)26-14-8-4-7-13(9-14)22(23,24)25/h4,7-9,11-12,15H,3,5-6,10H2,1-2H3,(H,26,32)(H2,27,28,29,31,33)/t11-,12-,15+/m1/s1. The molecule has 3 atom stereocenters. The van der Waals surface area contributed by atoms with Crippen LogP contribution < -0.4 is 21.1 Å². The van der Waals surface area contributed by atoms with E-state index in [2.05, 4.69) is 20.6 Å². The van der Waals surface area contributed by atoms with Gasteiger partial charge < -0.3 is 15.5 Å². The maximum absolute atomic E-state index is 13.0. The van der Waals surface area contributed by atoms with Gasteiger partial charge in [0.2, 0.25) is 17.8 Å². The van der Waals surface area contributed by atoms with E-state index in [1.165, 1.54) is 12.1 Å². The van der Waals surface area contributed by atoms with Crippen LogP contribution in [0.25, 0.3) is 0 Å². The first-order chi connectivity index (χ1) is 15.5. The number of carbonyl (C=O) groups is 2. The minimum absolute atomic E-state index is 0.000772. The fourth-order valence-electron chi connectivity index (χ4n) is 4.55. The van der Waals surface area contributed by atoms with Gasteiger partial charge in [0.25, 0.3) is 5.56 Å². The number of benzene rings is 1. The lowest BCUT2D eigenvalue weighted by atomic mass is 9.92. The second-order valence-electron chi connectivity index (χ2n) is 8.56. The molecule has 1 aromatic heterocycles. The fraction of sp³-hybridized carbons (Fsp3) is 0.455. The number of amides is 2. The molecular formula is C22H24F3N5O3. The summed E-state index contributed by atoms with van der Waals surface area (Å²) >= 11 is 0. The van der Waals surface area contributed by atoms with Gasteiger partial charge in [-0.05, 0) is 51.3 Å². The first kappa shape index (κ1) is 22.8. The predicted molar refractivity (Wildman–Crippen MR) is 116 cm³/mol. The summed E-state index contributed by atoms with van der Waals surface area (Å²) in [6, 6.07) is 4.43. The summed E-state index contributed by atoms with van der Waals surface area (Å²) in [6.07, 6.45) is -1.97.